The van der Waals surface area contributed by atoms with Crippen LogP contribution in [0.4, 0.5) is 5.69 Å². The molecule has 0 radical (unpaired) electrons. The van der Waals surface area contributed by atoms with E-state index >= 15 is 0 Å². The highest BCUT2D eigenvalue weighted by atomic mass is 16.5. The van der Waals surface area contributed by atoms with Crippen molar-refractivity contribution < 1.29 is 19.4 Å². The van der Waals surface area contributed by atoms with Crippen molar-refractivity contribution in [2.24, 2.45) is 0 Å². The number of hydrogen-bond donors (Lipinski definition) is 2. The highest BCUT2D eigenvalue weighted by molar-refractivity contribution is 5.88. The van der Waals surface area contributed by atoms with Gasteiger partial charge in [-0.25, -0.2) is 0 Å². The van der Waals surface area contributed by atoms with Crippen LogP contribution in [0.15, 0.2) is 54.6 Å². The number of amides is 1. The van der Waals surface area contributed by atoms with Gasteiger partial charge in [-0.3, -0.25) is 9.59 Å². The largest absolute Gasteiger partial charge is 0.465 e. The molecule has 6 nitrogen and oxygen atoms in total. The Labute approximate surface area is 177 Å². The van der Waals surface area contributed by atoms with Crippen LogP contribution < -0.4 is 5.32 Å². The zero-order valence-corrected chi connectivity index (χ0v) is 17.6. The first-order valence-electron chi connectivity index (χ1n) is 10.5. The summed E-state index contributed by atoms with van der Waals surface area (Å²) in [4.78, 5) is 26.2. The van der Waals surface area contributed by atoms with Crippen LogP contribution in [-0.2, 0) is 19.7 Å². The number of likely N-dealkylation sites (tertiary alicyclic amines) is 1. The van der Waals surface area contributed by atoms with Crippen molar-refractivity contribution in [3.8, 4) is 0 Å². The third-order valence-electron chi connectivity index (χ3n) is 5.75. The molecule has 0 aliphatic carbocycles. The number of nitrogens with one attached hydrogen (secondary N) is 1. The van der Waals surface area contributed by atoms with Gasteiger partial charge in [0.05, 0.1) is 18.1 Å². The van der Waals surface area contributed by atoms with E-state index in [2.05, 4.69) is 10.2 Å². The number of nitrogens with zero attached hydrogens (tertiary/aromatic N) is 1. The van der Waals surface area contributed by atoms with Crippen LogP contribution in [0.2, 0.25) is 0 Å². The van der Waals surface area contributed by atoms with Gasteiger partial charge in [-0.05, 0) is 56.1 Å². The number of carbonyl (C=O) groups excluding carboxylic acids is 2. The van der Waals surface area contributed by atoms with E-state index in [0.29, 0.717) is 44.8 Å². The fraction of sp³-hybridized carbons (Fsp3) is 0.417. The van der Waals surface area contributed by atoms with E-state index in [4.69, 9.17) is 4.74 Å². The molecule has 2 aromatic carbocycles. The summed E-state index contributed by atoms with van der Waals surface area (Å²) in [5.41, 5.74) is 1.88. The number of benzene rings is 2. The first-order valence-corrected chi connectivity index (χ1v) is 10.5. The smallest absolute Gasteiger partial charge is 0.316 e. The van der Waals surface area contributed by atoms with Gasteiger partial charge in [0.25, 0.3) is 0 Å². The molecule has 0 saturated carbocycles. The monoisotopic (exact) mass is 410 g/mol. The first-order chi connectivity index (χ1) is 14.4. The molecule has 0 bridgehead atoms. The average molecular weight is 411 g/mol. The van der Waals surface area contributed by atoms with Gasteiger partial charge in [0.1, 0.15) is 0 Å². The molecule has 1 aliphatic rings. The second-order valence-electron chi connectivity index (χ2n) is 7.79. The van der Waals surface area contributed by atoms with E-state index in [1.807, 2.05) is 49.4 Å². The number of anilines is 1. The summed E-state index contributed by atoms with van der Waals surface area (Å²) in [6, 6.07) is 17.1. The SMILES string of the molecule is CCOC(=O)C1(c2ccccc2)CCN(CC(O)c2ccc(NC(C)=O)cc2)CC1. The van der Waals surface area contributed by atoms with E-state index in [9.17, 15) is 14.7 Å². The second-order valence-corrected chi connectivity index (χ2v) is 7.79. The van der Waals surface area contributed by atoms with Crippen molar-refractivity contribution in [2.75, 3.05) is 31.6 Å². The van der Waals surface area contributed by atoms with Crippen molar-refractivity contribution in [3.05, 3.63) is 65.7 Å². The van der Waals surface area contributed by atoms with Crippen molar-refractivity contribution in [2.45, 2.75) is 38.2 Å². The minimum absolute atomic E-state index is 0.125. The van der Waals surface area contributed by atoms with Gasteiger partial charge in [0.15, 0.2) is 0 Å². The minimum Gasteiger partial charge on any atom is -0.465 e. The number of aliphatic hydroxyl groups is 1. The molecule has 2 aromatic rings. The van der Waals surface area contributed by atoms with Gasteiger partial charge in [0, 0.05) is 19.2 Å². The van der Waals surface area contributed by atoms with Crippen LogP contribution in [0.3, 0.4) is 0 Å². The van der Waals surface area contributed by atoms with Crippen molar-refractivity contribution >= 4 is 17.6 Å². The molecule has 1 saturated heterocycles. The maximum atomic E-state index is 12.9. The minimum atomic E-state index is -0.636. The number of aliphatic hydroxyl groups excluding tert-OH is 1. The molecule has 6 heteroatoms. The highest BCUT2D eigenvalue weighted by Gasteiger charge is 2.44. The molecule has 1 aliphatic heterocycles. The Hall–Kier alpha value is -2.70. The zero-order chi connectivity index (χ0) is 21.6. The molecule has 160 valence electrons. The summed E-state index contributed by atoms with van der Waals surface area (Å²) in [5.74, 6) is -0.287. The summed E-state index contributed by atoms with van der Waals surface area (Å²) in [5, 5.41) is 13.4. The Bertz CT molecular complexity index is 843. The quantitative estimate of drug-likeness (QED) is 0.685. The average Bonchev–Trinajstić information content (AvgIpc) is 2.75. The van der Waals surface area contributed by atoms with Gasteiger partial charge in [-0.1, -0.05) is 42.5 Å². The predicted molar refractivity (Wildman–Crippen MR) is 116 cm³/mol. The molecule has 0 spiro atoms. The second kappa shape index (κ2) is 9.87. The Kier molecular flexibility index (Phi) is 7.24. The fourth-order valence-electron chi connectivity index (χ4n) is 4.10. The molecule has 2 N–H and O–H groups in total. The standard InChI is InChI=1S/C24H30N2O4/c1-3-30-23(29)24(20-7-5-4-6-8-20)13-15-26(16-14-24)17-22(28)19-9-11-21(12-10-19)25-18(2)27/h4-12,22,28H,3,13-17H2,1-2H3,(H,25,27). The van der Waals surface area contributed by atoms with E-state index in [1.165, 1.54) is 6.92 Å². The van der Waals surface area contributed by atoms with Crippen LogP contribution in [0.1, 0.15) is 43.9 Å². The molecule has 0 aromatic heterocycles. The normalized spacial score (nSPS) is 17.2. The number of hydrogen-bond acceptors (Lipinski definition) is 5. The number of carbonyl (C=O) groups is 2. The highest BCUT2D eigenvalue weighted by Crippen LogP contribution is 2.37. The van der Waals surface area contributed by atoms with Crippen molar-refractivity contribution in [1.29, 1.82) is 0 Å². The lowest BCUT2D eigenvalue weighted by atomic mass is 9.72. The maximum Gasteiger partial charge on any atom is 0.316 e. The number of esters is 1. The Morgan fingerprint density at radius 2 is 1.73 bits per heavy atom. The molecule has 1 fully saturated rings. The Morgan fingerprint density at radius 3 is 2.30 bits per heavy atom. The molecule has 3 rings (SSSR count). The molecule has 1 atom stereocenters. The molecule has 30 heavy (non-hydrogen) atoms. The topological polar surface area (TPSA) is 78.9 Å². The van der Waals surface area contributed by atoms with Crippen LogP contribution in [0, 0.1) is 0 Å². The summed E-state index contributed by atoms with van der Waals surface area (Å²) in [6.45, 7) is 5.56. The summed E-state index contributed by atoms with van der Waals surface area (Å²) < 4.78 is 5.43. The van der Waals surface area contributed by atoms with E-state index in [-0.39, 0.29) is 11.9 Å². The molecular weight excluding hydrogens is 380 g/mol. The fourth-order valence-corrected chi connectivity index (χ4v) is 4.10. The zero-order valence-electron chi connectivity index (χ0n) is 17.6. The van der Waals surface area contributed by atoms with Crippen LogP contribution >= 0.6 is 0 Å². The first kappa shape index (κ1) is 22.0. The third-order valence-corrected chi connectivity index (χ3v) is 5.75. The molecular formula is C24H30N2O4. The maximum absolute atomic E-state index is 12.9. The van der Waals surface area contributed by atoms with Gasteiger partial charge in [-0.2, -0.15) is 0 Å². The van der Waals surface area contributed by atoms with Gasteiger partial charge >= 0.3 is 5.97 Å². The molecule has 1 heterocycles. The summed E-state index contributed by atoms with van der Waals surface area (Å²) in [7, 11) is 0. The Balaban J connectivity index is 1.64. The van der Waals surface area contributed by atoms with Crippen LogP contribution in [0.25, 0.3) is 0 Å². The third kappa shape index (κ3) is 5.07. The summed E-state index contributed by atoms with van der Waals surface area (Å²) >= 11 is 0. The van der Waals surface area contributed by atoms with E-state index in [1.54, 1.807) is 12.1 Å². The lowest BCUT2D eigenvalue weighted by molar-refractivity contribution is -0.152. The lowest BCUT2D eigenvalue weighted by Gasteiger charge is -2.40. The lowest BCUT2D eigenvalue weighted by Crippen LogP contribution is -2.48. The van der Waals surface area contributed by atoms with Gasteiger partial charge in [-0.15, -0.1) is 0 Å². The molecule has 1 amide bonds. The Morgan fingerprint density at radius 1 is 1.10 bits per heavy atom. The van der Waals surface area contributed by atoms with Gasteiger partial charge < -0.3 is 20.1 Å². The number of rotatable bonds is 7. The predicted octanol–water partition coefficient (Wildman–Crippen LogP) is 3.28. The van der Waals surface area contributed by atoms with Crippen LogP contribution in [0.5, 0.6) is 0 Å². The summed E-state index contributed by atoms with van der Waals surface area (Å²) in [6.07, 6.45) is 0.678. The van der Waals surface area contributed by atoms with Crippen molar-refractivity contribution in [1.82, 2.24) is 4.90 Å². The van der Waals surface area contributed by atoms with E-state index in [0.717, 1.165) is 11.1 Å². The van der Waals surface area contributed by atoms with Crippen molar-refractivity contribution in [3.63, 3.8) is 0 Å². The molecule has 1 unspecified atom stereocenters. The van der Waals surface area contributed by atoms with E-state index < -0.39 is 11.5 Å². The van der Waals surface area contributed by atoms with Gasteiger partial charge in [0.2, 0.25) is 5.91 Å². The number of piperidine rings is 1. The van der Waals surface area contributed by atoms with Crippen LogP contribution in [-0.4, -0.2) is 48.1 Å². The number of ether oxygens (including phenoxy) is 1. The number of β-amino-alcohol motifs (C(OH)–C–C–N with tert-alkyl or cyclic N) is 1.